The molecule has 0 atom stereocenters. The number of benzene rings is 2. The molecule has 6 nitrogen and oxygen atoms in total. The summed E-state index contributed by atoms with van der Waals surface area (Å²) in [5, 5.41) is 9.40. The zero-order valence-corrected chi connectivity index (χ0v) is 17.5. The van der Waals surface area contributed by atoms with Crippen molar-refractivity contribution in [3.63, 3.8) is 0 Å². The minimum atomic E-state index is -0.804. The molecule has 1 fully saturated rings. The van der Waals surface area contributed by atoms with E-state index in [1.807, 2.05) is 25.1 Å². The Morgan fingerprint density at radius 2 is 1.83 bits per heavy atom. The first-order valence-electron chi connectivity index (χ1n) is 10.1. The highest BCUT2D eigenvalue weighted by Crippen LogP contribution is 2.39. The van der Waals surface area contributed by atoms with Gasteiger partial charge in [0.15, 0.2) is 5.75 Å². The Bertz CT molecular complexity index is 1010. The van der Waals surface area contributed by atoms with Crippen molar-refractivity contribution in [2.24, 2.45) is 10.4 Å². The lowest BCUT2D eigenvalue weighted by Crippen LogP contribution is -2.52. The number of carbonyl (C=O) groups is 1. The Hall–Kier alpha value is -2.93. The third-order valence-electron chi connectivity index (χ3n) is 5.61. The number of hydrogen-bond donors (Lipinski definition) is 1. The highest BCUT2D eigenvalue weighted by atomic mass is 19.1. The van der Waals surface area contributed by atoms with Crippen LogP contribution in [0.5, 0.6) is 11.5 Å². The van der Waals surface area contributed by atoms with Crippen molar-refractivity contribution in [3.05, 3.63) is 53.3 Å². The van der Waals surface area contributed by atoms with Crippen LogP contribution < -0.4 is 4.74 Å². The van der Waals surface area contributed by atoms with Crippen molar-refractivity contribution in [1.82, 2.24) is 9.80 Å². The fourth-order valence-electron chi connectivity index (χ4n) is 3.85. The summed E-state index contributed by atoms with van der Waals surface area (Å²) >= 11 is 0. The van der Waals surface area contributed by atoms with Gasteiger partial charge < -0.3 is 14.7 Å². The third-order valence-corrected chi connectivity index (χ3v) is 5.61. The zero-order chi connectivity index (χ0) is 21.5. The number of aliphatic imine (C=N–C) groups is 1. The molecule has 2 aromatic carbocycles. The molecular formula is C23H26FN3O3. The van der Waals surface area contributed by atoms with E-state index in [0.717, 1.165) is 11.3 Å². The molecule has 2 aromatic rings. The van der Waals surface area contributed by atoms with E-state index in [0.29, 0.717) is 55.6 Å². The van der Waals surface area contributed by atoms with Gasteiger partial charge in [0.05, 0.1) is 11.0 Å². The van der Waals surface area contributed by atoms with Gasteiger partial charge in [0.25, 0.3) is 0 Å². The summed E-state index contributed by atoms with van der Waals surface area (Å²) in [4.78, 5) is 20.6. The van der Waals surface area contributed by atoms with Crippen molar-refractivity contribution in [2.75, 3.05) is 32.7 Å². The normalized spacial score (nSPS) is 16.8. The van der Waals surface area contributed by atoms with E-state index in [-0.39, 0.29) is 5.82 Å². The number of ether oxygens (including phenoxy) is 1. The molecule has 0 radical (unpaired) electrons. The number of aryl methyl sites for hydroxylation is 1. The Morgan fingerprint density at radius 3 is 2.53 bits per heavy atom. The summed E-state index contributed by atoms with van der Waals surface area (Å²) in [5.41, 5.74) is 1.61. The fourth-order valence-corrected chi connectivity index (χ4v) is 3.85. The van der Waals surface area contributed by atoms with E-state index in [1.165, 1.54) is 12.1 Å². The van der Waals surface area contributed by atoms with Gasteiger partial charge in [0.2, 0.25) is 0 Å². The van der Waals surface area contributed by atoms with E-state index >= 15 is 0 Å². The number of fused-ring (bicyclic) bond motifs is 2. The second-order valence-corrected chi connectivity index (χ2v) is 8.60. The quantitative estimate of drug-likeness (QED) is 0.826. The molecule has 158 valence electrons. The molecule has 1 saturated heterocycles. The average molecular weight is 411 g/mol. The number of nitrogens with zero attached hydrogens (tertiary/aromatic N) is 3. The highest BCUT2D eigenvalue weighted by Gasteiger charge is 2.32. The SMILES string of the molecule is Cc1ccc2c(c1)N=C(N1CCN(CC(C)(C)C(=O)O)CC1)c1cc(F)ccc1O2. The van der Waals surface area contributed by atoms with Crippen LogP contribution in [0.15, 0.2) is 41.4 Å². The highest BCUT2D eigenvalue weighted by molar-refractivity contribution is 6.03. The first-order valence-corrected chi connectivity index (χ1v) is 10.1. The van der Waals surface area contributed by atoms with Gasteiger partial charge in [0, 0.05) is 32.7 Å². The maximum Gasteiger partial charge on any atom is 0.310 e. The van der Waals surface area contributed by atoms with Crippen LogP contribution in [0.1, 0.15) is 25.0 Å². The minimum Gasteiger partial charge on any atom is -0.481 e. The Morgan fingerprint density at radius 1 is 1.13 bits per heavy atom. The molecule has 0 aliphatic carbocycles. The van der Waals surface area contributed by atoms with Crippen LogP contribution in [-0.4, -0.2) is 59.4 Å². The van der Waals surface area contributed by atoms with E-state index in [9.17, 15) is 14.3 Å². The maximum absolute atomic E-state index is 14.1. The smallest absolute Gasteiger partial charge is 0.310 e. The summed E-state index contributed by atoms with van der Waals surface area (Å²) in [6, 6.07) is 10.3. The van der Waals surface area contributed by atoms with Crippen LogP contribution in [0.25, 0.3) is 0 Å². The van der Waals surface area contributed by atoms with Gasteiger partial charge in [-0.15, -0.1) is 0 Å². The van der Waals surface area contributed by atoms with Gasteiger partial charge in [-0.25, -0.2) is 9.38 Å². The third kappa shape index (κ3) is 4.03. The number of carboxylic acid groups (broad SMARTS) is 1. The van der Waals surface area contributed by atoms with Gasteiger partial charge >= 0.3 is 5.97 Å². The lowest BCUT2D eigenvalue weighted by atomic mass is 9.93. The lowest BCUT2D eigenvalue weighted by Gasteiger charge is -2.38. The van der Waals surface area contributed by atoms with Gasteiger partial charge in [-0.1, -0.05) is 6.07 Å². The Balaban J connectivity index is 1.63. The zero-order valence-electron chi connectivity index (χ0n) is 17.5. The van der Waals surface area contributed by atoms with Gasteiger partial charge in [-0.05, 0) is 56.7 Å². The van der Waals surface area contributed by atoms with Crippen LogP contribution >= 0.6 is 0 Å². The molecule has 0 amide bonds. The molecule has 4 rings (SSSR count). The van der Waals surface area contributed by atoms with Crippen molar-refractivity contribution < 1.29 is 19.0 Å². The molecule has 0 spiro atoms. The van der Waals surface area contributed by atoms with E-state index in [2.05, 4.69) is 9.80 Å². The predicted molar refractivity (Wildman–Crippen MR) is 113 cm³/mol. The number of carboxylic acids is 1. The number of aliphatic carboxylic acids is 1. The van der Waals surface area contributed by atoms with Crippen molar-refractivity contribution in [1.29, 1.82) is 0 Å². The average Bonchev–Trinajstić information content (AvgIpc) is 2.84. The Labute approximate surface area is 175 Å². The van der Waals surface area contributed by atoms with Gasteiger partial charge in [0.1, 0.15) is 23.1 Å². The molecule has 2 aliphatic heterocycles. The molecule has 0 saturated carbocycles. The fraction of sp³-hybridized carbons (Fsp3) is 0.391. The van der Waals surface area contributed by atoms with Crippen LogP contribution in [0.4, 0.5) is 10.1 Å². The largest absolute Gasteiger partial charge is 0.481 e. The number of rotatable bonds is 3. The second-order valence-electron chi connectivity index (χ2n) is 8.60. The molecule has 2 aliphatic rings. The van der Waals surface area contributed by atoms with Crippen molar-refractivity contribution in [2.45, 2.75) is 20.8 Å². The first kappa shape index (κ1) is 20.3. The van der Waals surface area contributed by atoms with Gasteiger partial charge in [-0.2, -0.15) is 0 Å². The molecule has 1 N–H and O–H groups in total. The predicted octanol–water partition coefficient (Wildman–Crippen LogP) is 4.05. The van der Waals surface area contributed by atoms with Gasteiger partial charge in [-0.3, -0.25) is 9.69 Å². The number of hydrogen-bond acceptors (Lipinski definition) is 5. The van der Waals surface area contributed by atoms with Crippen LogP contribution in [0.2, 0.25) is 0 Å². The molecule has 30 heavy (non-hydrogen) atoms. The second kappa shape index (κ2) is 7.72. The van der Waals surface area contributed by atoms with E-state index in [4.69, 9.17) is 9.73 Å². The summed E-state index contributed by atoms with van der Waals surface area (Å²) in [6.07, 6.45) is 0. The monoisotopic (exact) mass is 411 g/mol. The maximum atomic E-state index is 14.1. The molecule has 2 heterocycles. The topological polar surface area (TPSA) is 65.4 Å². The van der Waals surface area contributed by atoms with Crippen molar-refractivity contribution >= 4 is 17.5 Å². The van der Waals surface area contributed by atoms with Crippen molar-refractivity contribution in [3.8, 4) is 11.5 Å². The summed E-state index contributed by atoms with van der Waals surface area (Å²) < 4.78 is 20.2. The number of halogens is 1. The van der Waals surface area contributed by atoms with Crippen LogP contribution in [0.3, 0.4) is 0 Å². The first-order chi connectivity index (χ1) is 14.2. The minimum absolute atomic E-state index is 0.339. The molecule has 0 aromatic heterocycles. The molecule has 0 unspecified atom stereocenters. The molecular weight excluding hydrogens is 385 g/mol. The Kier molecular flexibility index (Phi) is 5.24. The molecule has 7 heteroatoms. The van der Waals surface area contributed by atoms with Crippen LogP contribution in [0, 0.1) is 18.2 Å². The van der Waals surface area contributed by atoms with E-state index in [1.54, 1.807) is 19.9 Å². The number of amidine groups is 1. The summed E-state index contributed by atoms with van der Waals surface area (Å²) in [6.45, 7) is 8.73. The number of piperazine rings is 1. The summed E-state index contributed by atoms with van der Waals surface area (Å²) in [5.74, 6) is 0.768. The standard InChI is InChI=1S/C23H26FN3O3/c1-15-4-6-20-18(12-15)25-21(17-13-16(24)5-7-19(17)30-20)27-10-8-26(9-11-27)14-23(2,3)22(28)29/h4-7,12-13H,8-11,14H2,1-3H3,(H,28,29). The summed E-state index contributed by atoms with van der Waals surface area (Å²) in [7, 11) is 0. The molecule has 0 bridgehead atoms. The lowest BCUT2D eigenvalue weighted by molar-refractivity contribution is -0.148. The van der Waals surface area contributed by atoms with Crippen LogP contribution in [-0.2, 0) is 4.79 Å². The van der Waals surface area contributed by atoms with E-state index < -0.39 is 11.4 Å².